The monoisotopic (exact) mass is 291 g/mol. The zero-order chi connectivity index (χ0) is 15.2. The molecule has 1 fully saturated rings. The molecule has 0 aromatic heterocycles. The number of ether oxygens (including phenoxy) is 1. The van der Waals surface area contributed by atoms with Gasteiger partial charge in [0.2, 0.25) is 0 Å². The Morgan fingerprint density at radius 3 is 2.38 bits per heavy atom. The van der Waals surface area contributed by atoms with E-state index < -0.39 is 11.9 Å². The Hall–Kier alpha value is -2.37. The predicted octanol–water partition coefficient (Wildman–Crippen LogP) is 2.56. The van der Waals surface area contributed by atoms with Crippen molar-refractivity contribution in [3.63, 3.8) is 0 Å². The van der Waals surface area contributed by atoms with Gasteiger partial charge in [-0.05, 0) is 43.7 Å². The van der Waals surface area contributed by atoms with Crippen LogP contribution in [-0.2, 0) is 4.74 Å². The number of rotatable bonds is 4. The van der Waals surface area contributed by atoms with Gasteiger partial charge in [0.25, 0.3) is 0 Å². The highest BCUT2D eigenvalue weighted by Crippen LogP contribution is 2.23. The Labute approximate surface area is 122 Å². The molecule has 1 aromatic carbocycles. The molecule has 1 saturated carbocycles. The fourth-order valence-corrected chi connectivity index (χ4v) is 2.40. The topological polar surface area (TPSA) is 96.2 Å². The summed E-state index contributed by atoms with van der Waals surface area (Å²) in [5, 5.41) is 20.9. The van der Waals surface area contributed by atoms with E-state index in [9.17, 15) is 9.59 Å². The molecule has 0 unspecified atom stereocenters. The maximum absolute atomic E-state index is 12.0. The molecule has 0 heterocycles. The number of carbonyl (C=O) groups excluding carboxylic acids is 1. The lowest BCUT2D eigenvalue weighted by Crippen LogP contribution is -2.21. The van der Waals surface area contributed by atoms with Crippen LogP contribution in [0.15, 0.2) is 29.4 Å². The van der Waals surface area contributed by atoms with E-state index in [1.165, 1.54) is 12.1 Å². The number of hydrogen-bond acceptors (Lipinski definition) is 5. The summed E-state index contributed by atoms with van der Waals surface area (Å²) in [5.41, 5.74) is 0.785. The van der Waals surface area contributed by atoms with E-state index in [2.05, 4.69) is 5.16 Å². The molecule has 6 heteroatoms. The first-order chi connectivity index (χ1) is 10.1. The number of hydrogen-bond donors (Lipinski definition) is 2. The van der Waals surface area contributed by atoms with Crippen molar-refractivity contribution < 1.29 is 24.6 Å². The average molecular weight is 291 g/mol. The number of carboxylic acids is 1. The SMILES string of the molecule is O=C(O)c1ccccc1C(=O)OCC1CCC(=NO)CC1. The zero-order valence-corrected chi connectivity index (χ0v) is 11.5. The quantitative estimate of drug-likeness (QED) is 0.505. The zero-order valence-electron chi connectivity index (χ0n) is 11.5. The maximum atomic E-state index is 12.0. The number of carbonyl (C=O) groups is 2. The van der Waals surface area contributed by atoms with Gasteiger partial charge in [0.1, 0.15) is 0 Å². The minimum absolute atomic E-state index is 0.0548. The van der Waals surface area contributed by atoms with Crippen LogP contribution >= 0.6 is 0 Å². The minimum atomic E-state index is -1.15. The van der Waals surface area contributed by atoms with Crippen molar-refractivity contribution in [2.75, 3.05) is 6.61 Å². The van der Waals surface area contributed by atoms with Crippen molar-refractivity contribution >= 4 is 17.7 Å². The molecule has 1 aliphatic carbocycles. The highest BCUT2D eigenvalue weighted by atomic mass is 16.5. The molecule has 0 aliphatic heterocycles. The van der Waals surface area contributed by atoms with E-state index in [1.54, 1.807) is 12.1 Å². The summed E-state index contributed by atoms with van der Waals surface area (Å²) in [4.78, 5) is 23.0. The number of esters is 1. The largest absolute Gasteiger partial charge is 0.478 e. The summed E-state index contributed by atoms with van der Waals surface area (Å²) in [6.45, 7) is 0.255. The Balaban J connectivity index is 1.92. The Morgan fingerprint density at radius 2 is 1.81 bits per heavy atom. The van der Waals surface area contributed by atoms with E-state index in [1.807, 2.05) is 0 Å². The van der Waals surface area contributed by atoms with Gasteiger partial charge in [-0.25, -0.2) is 9.59 Å². The van der Waals surface area contributed by atoms with Crippen LogP contribution in [0, 0.1) is 5.92 Å². The lowest BCUT2D eigenvalue weighted by atomic mass is 9.88. The van der Waals surface area contributed by atoms with Crippen molar-refractivity contribution in [3.8, 4) is 0 Å². The third-order valence-electron chi connectivity index (χ3n) is 3.65. The van der Waals surface area contributed by atoms with Crippen LogP contribution < -0.4 is 0 Å². The van der Waals surface area contributed by atoms with Crippen molar-refractivity contribution in [2.45, 2.75) is 25.7 Å². The molecule has 0 amide bonds. The fourth-order valence-electron chi connectivity index (χ4n) is 2.40. The molecular weight excluding hydrogens is 274 g/mol. The number of aromatic carboxylic acids is 1. The first kappa shape index (κ1) is 15.0. The highest BCUT2D eigenvalue weighted by Gasteiger charge is 2.21. The maximum Gasteiger partial charge on any atom is 0.339 e. The molecule has 0 bridgehead atoms. The molecule has 0 atom stereocenters. The van der Waals surface area contributed by atoms with Gasteiger partial charge in [-0.2, -0.15) is 0 Å². The van der Waals surface area contributed by atoms with E-state index in [-0.39, 0.29) is 23.7 Å². The first-order valence-corrected chi connectivity index (χ1v) is 6.81. The molecule has 21 heavy (non-hydrogen) atoms. The number of carboxylic acid groups (broad SMARTS) is 1. The van der Waals surface area contributed by atoms with Crippen LogP contribution in [0.25, 0.3) is 0 Å². The number of oxime groups is 1. The highest BCUT2D eigenvalue weighted by molar-refractivity contribution is 6.02. The van der Waals surface area contributed by atoms with Crippen LogP contribution in [0.5, 0.6) is 0 Å². The molecule has 1 aliphatic rings. The van der Waals surface area contributed by atoms with Crippen molar-refractivity contribution in [1.82, 2.24) is 0 Å². The van der Waals surface area contributed by atoms with Gasteiger partial charge in [-0.3, -0.25) is 0 Å². The van der Waals surface area contributed by atoms with Gasteiger partial charge in [-0.15, -0.1) is 0 Å². The van der Waals surface area contributed by atoms with Crippen LogP contribution in [0.2, 0.25) is 0 Å². The van der Waals surface area contributed by atoms with E-state index in [4.69, 9.17) is 15.1 Å². The second-order valence-corrected chi connectivity index (χ2v) is 5.06. The van der Waals surface area contributed by atoms with Crippen LogP contribution in [0.1, 0.15) is 46.4 Å². The first-order valence-electron chi connectivity index (χ1n) is 6.81. The molecule has 1 aromatic rings. The van der Waals surface area contributed by atoms with Gasteiger partial charge in [-0.1, -0.05) is 17.3 Å². The summed E-state index contributed by atoms with van der Waals surface area (Å²) in [7, 11) is 0. The van der Waals surface area contributed by atoms with E-state index in [0.29, 0.717) is 12.8 Å². The van der Waals surface area contributed by atoms with Crippen molar-refractivity contribution in [1.29, 1.82) is 0 Å². The second kappa shape index (κ2) is 6.88. The molecule has 0 spiro atoms. The van der Waals surface area contributed by atoms with Crippen molar-refractivity contribution in [3.05, 3.63) is 35.4 Å². The Bertz CT molecular complexity index is 557. The average Bonchev–Trinajstić information content (AvgIpc) is 2.53. The van der Waals surface area contributed by atoms with Gasteiger partial charge < -0.3 is 15.1 Å². The summed E-state index contributed by atoms with van der Waals surface area (Å²) < 4.78 is 5.22. The summed E-state index contributed by atoms with van der Waals surface area (Å²) in [6.07, 6.45) is 3.00. The summed E-state index contributed by atoms with van der Waals surface area (Å²) in [5.74, 6) is -1.55. The van der Waals surface area contributed by atoms with Crippen LogP contribution in [-0.4, -0.2) is 34.6 Å². The molecule has 2 rings (SSSR count). The van der Waals surface area contributed by atoms with Crippen LogP contribution in [0.3, 0.4) is 0 Å². The van der Waals surface area contributed by atoms with Gasteiger partial charge in [0.05, 0.1) is 23.4 Å². The lowest BCUT2D eigenvalue weighted by molar-refractivity contribution is 0.0416. The normalized spacial score (nSPS) is 18.1. The molecule has 0 radical (unpaired) electrons. The molecule has 2 N–H and O–H groups in total. The number of nitrogens with zero attached hydrogens (tertiary/aromatic N) is 1. The third kappa shape index (κ3) is 3.81. The van der Waals surface area contributed by atoms with Crippen molar-refractivity contribution in [2.24, 2.45) is 11.1 Å². The van der Waals surface area contributed by atoms with Crippen LogP contribution in [0.4, 0.5) is 0 Å². The number of benzene rings is 1. The van der Waals surface area contributed by atoms with Gasteiger partial charge in [0.15, 0.2) is 0 Å². The molecule has 6 nitrogen and oxygen atoms in total. The lowest BCUT2D eigenvalue weighted by Gasteiger charge is -2.22. The fraction of sp³-hybridized carbons (Fsp3) is 0.400. The summed E-state index contributed by atoms with van der Waals surface area (Å²) >= 11 is 0. The van der Waals surface area contributed by atoms with Gasteiger partial charge >= 0.3 is 11.9 Å². The molecular formula is C15H17NO5. The van der Waals surface area contributed by atoms with E-state index in [0.717, 1.165) is 18.6 Å². The molecule has 0 saturated heterocycles. The summed E-state index contributed by atoms with van der Waals surface area (Å²) in [6, 6.07) is 6.00. The minimum Gasteiger partial charge on any atom is -0.478 e. The van der Waals surface area contributed by atoms with Gasteiger partial charge in [0, 0.05) is 0 Å². The Morgan fingerprint density at radius 1 is 1.19 bits per heavy atom. The third-order valence-corrected chi connectivity index (χ3v) is 3.65. The second-order valence-electron chi connectivity index (χ2n) is 5.06. The molecule has 112 valence electrons. The standard InChI is InChI=1S/C15H17NO5/c17-14(18)12-3-1-2-4-13(12)15(19)21-9-10-5-7-11(16-20)8-6-10/h1-4,10,20H,5-9H2,(H,17,18). The predicted molar refractivity (Wildman–Crippen MR) is 74.9 cm³/mol. The Kier molecular flexibility index (Phi) is 4.92. The van der Waals surface area contributed by atoms with E-state index >= 15 is 0 Å². The smallest absolute Gasteiger partial charge is 0.339 e.